The van der Waals surface area contributed by atoms with Gasteiger partial charge >= 0.3 is 6.03 Å². The number of nitrogens with one attached hydrogen (secondary N) is 2. The fraction of sp³-hybridized carbons (Fsp3) is 0. The molecule has 2 aromatic heterocycles. The van der Waals surface area contributed by atoms with Gasteiger partial charge in [-0.3, -0.25) is 0 Å². The Morgan fingerprint density at radius 1 is 1.00 bits per heavy atom. The maximum absolute atomic E-state index is 13.1. The van der Waals surface area contributed by atoms with Gasteiger partial charge in [0.2, 0.25) is 5.95 Å². The van der Waals surface area contributed by atoms with Crippen LogP contribution in [0.4, 0.5) is 25.0 Å². The molecule has 0 saturated carbocycles. The van der Waals surface area contributed by atoms with Gasteiger partial charge in [0.1, 0.15) is 11.6 Å². The summed E-state index contributed by atoms with van der Waals surface area (Å²) >= 11 is 0. The van der Waals surface area contributed by atoms with Crippen molar-refractivity contribution in [3.05, 3.63) is 60.7 Å². The SMILES string of the molecule is O=C(Nc1cc(F)cc(F)c1)Nc1cnn(-c2ncccn2)c1. The minimum atomic E-state index is -0.783. The van der Waals surface area contributed by atoms with Crippen molar-refractivity contribution in [3.63, 3.8) is 0 Å². The molecule has 2 N–H and O–H groups in total. The highest BCUT2D eigenvalue weighted by Gasteiger charge is 2.08. The number of benzene rings is 1. The second-order valence-corrected chi connectivity index (χ2v) is 4.46. The van der Waals surface area contributed by atoms with E-state index in [2.05, 4.69) is 25.7 Å². The molecule has 3 rings (SSSR count). The van der Waals surface area contributed by atoms with Crippen LogP contribution in [0.25, 0.3) is 5.95 Å². The van der Waals surface area contributed by atoms with Crippen molar-refractivity contribution in [1.82, 2.24) is 19.7 Å². The zero-order valence-electron chi connectivity index (χ0n) is 11.6. The number of hydrogen-bond acceptors (Lipinski definition) is 4. The van der Waals surface area contributed by atoms with E-state index in [0.717, 1.165) is 12.1 Å². The second-order valence-electron chi connectivity index (χ2n) is 4.46. The number of halogens is 2. The van der Waals surface area contributed by atoms with Crippen LogP contribution in [0, 0.1) is 11.6 Å². The lowest BCUT2D eigenvalue weighted by molar-refractivity contribution is 0.262. The number of anilines is 2. The number of rotatable bonds is 3. The maximum Gasteiger partial charge on any atom is 0.323 e. The van der Waals surface area contributed by atoms with Crippen LogP contribution in [-0.4, -0.2) is 25.8 Å². The summed E-state index contributed by atoms with van der Waals surface area (Å²) in [6.45, 7) is 0. The van der Waals surface area contributed by atoms with Gasteiger partial charge in [-0.15, -0.1) is 0 Å². The topological polar surface area (TPSA) is 84.7 Å². The van der Waals surface area contributed by atoms with Gasteiger partial charge in [-0.25, -0.2) is 28.2 Å². The van der Waals surface area contributed by atoms with E-state index in [1.54, 1.807) is 18.5 Å². The molecule has 116 valence electrons. The Balaban J connectivity index is 1.68. The lowest BCUT2D eigenvalue weighted by Crippen LogP contribution is -2.19. The average Bonchev–Trinajstić information content (AvgIpc) is 2.95. The van der Waals surface area contributed by atoms with Crippen LogP contribution >= 0.6 is 0 Å². The van der Waals surface area contributed by atoms with Gasteiger partial charge in [0, 0.05) is 24.1 Å². The van der Waals surface area contributed by atoms with Crippen LogP contribution < -0.4 is 10.6 Å². The van der Waals surface area contributed by atoms with Gasteiger partial charge < -0.3 is 10.6 Å². The van der Waals surface area contributed by atoms with E-state index in [1.165, 1.54) is 17.1 Å². The molecule has 23 heavy (non-hydrogen) atoms. The average molecular weight is 316 g/mol. The lowest BCUT2D eigenvalue weighted by atomic mass is 10.3. The van der Waals surface area contributed by atoms with Crippen molar-refractivity contribution >= 4 is 17.4 Å². The van der Waals surface area contributed by atoms with Gasteiger partial charge in [0.05, 0.1) is 18.1 Å². The maximum atomic E-state index is 13.1. The van der Waals surface area contributed by atoms with E-state index in [-0.39, 0.29) is 5.69 Å². The molecule has 2 amide bonds. The van der Waals surface area contributed by atoms with Crippen molar-refractivity contribution in [2.45, 2.75) is 0 Å². The summed E-state index contributed by atoms with van der Waals surface area (Å²) in [5, 5.41) is 8.81. The molecule has 0 radical (unpaired) electrons. The smallest absolute Gasteiger partial charge is 0.308 e. The van der Waals surface area contributed by atoms with Crippen molar-refractivity contribution in [2.24, 2.45) is 0 Å². The number of hydrogen-bond donors (Lipinski definition) is 2. The molecule has 3 aromatic rings. The standard InChI is InChI=1S/C14H10F2N6O/c15-9-4-10(16)6-11(5-9)20-14(23)21-12-7-19-22(8-12)13-17-2-1-3-18-13/h1-8H,(H2,20,21,23). The van der Waals surface area contributed by atoms with E-state index in [9.17, 15) is 13.6 Å². The number of nitrogens with zero attached hydrogens (tertiary/aromatic N) is 4. The number of amides is 2. The first kappa shape index (κ1) is 14.6. The number of urea groups is 1. The quantitative estimate of drug-likeness (QED) is 0.778. The van der Waals surface area contributed by atoms with Crippen LogP contribution in [0.2, 0.25) is 0 Å². The number of carbonyl (C=O) groups excluding carboxylic acids is 1. The minimum Gasteiger partial charge on any atom is -0.308 e. The first-order valence-corrected chi connectivity index (χ1v) is 6.46. The monoisotopic (exact) mass is 316 g/mol. The Labute approximate surface area is 129 Å². The van der Waals surface area contributed by atoms with Crippen molar-refractivity contribution in [2.75, 3.05) is 10.6 Å². The summed E-state index contributed by atoms with van der Waals surface area (Å²) in [7, 11) is 0. The van der Waals surface area contributed by atoms with Gasteiger partial charge in [-0.05, 0) is 18.2 Å². The predicted molar refractivity (Wildman–Crippen MR) is 78.2 cm³/mol. The minimum absolute atomic E-state index is 0.00113. The molecule has 7 nitrogen and oxygen atoms in total. The van der Waals surface area contributed by atoms with Crippen molar-refractivity contribution in [3.8, 4) is 5.95 Å². The van der Waals surface area contributed by atoms with E-state index >= 15 is 0 Å². The number of carbonyl (C=O) groups is 1. The fourth-order valence-electron chi connectivity index (χ4n) is 1.83. The summed E-state index contributed by atoms with van der Waals surface area (Å²) in [4.78, 5) is 19.8. The zero-order chi connectivity index (χ0) is 16.2. The van der Waals surface area contributed by atoms with Gasteiger partial charge in [0.25, 0.3) is 0 Å². The van der Waals surface area contributed by atoms with Crippen LogP contribution in [-0.2, 0) is 0 Å². The van der Waals surface area contributed by atoms with E-state index < -0.39 is 17.7 Å². The lowest BCUT2D eigenvalue weighted by Gasteiger charge is -2.06. The highest BCUT2D eigenvalue weighted by Crippen LogP contribution is 2.14. The molecule has 0 bridgehead atoms. The zero-order valence-corrected chi connectivity index (χ0v) is 11.6. The van der Waals surface area contributed by atoms with E-state index in [0.29, 0.717) is 17.7 Å². The molecule has 0 spiro atoms. The molecule has 1 aromatic carbocycles. The van der Waals surface area contributed by atoms with Gasteiger partial charge in [0.15, 0.2) is 0 Å². The third-order valence-corrected chi connectivity index (χ3v) is 2.72. The van der Waals surface area contributed by atoms with Gasteiger partial charge in [-0.2, -0.15) is 5.10 Å². The Morgan fingerprint density at radius 2 is 1.65 bits per heavy atom. The van der Waals surface area contributed by atoms with Gasteiger partial charge in [-0.1, -0.05) is 0 Å². The highest BCUT2D eigenvalue weighted by atomic mass is 19.1. The summed E-state index contributed by atoms with van der Waals surface area (Å²) in [6.07, 6.45) is 6.01. The summed E-state index contributed by atoms with van der Waals surface area (Å²) < 4.78 is 27.5. The summed E-state index contributed by atoms with van der Waals surface area (Å²) in [5.74, 6) is -1.23. The van der Waals surface area contributed by atoms with E-state index in [4.69, 9.17) is 0 Å². The molecule has 0 aliphatic heterocycles. The molecule has 0 aliphatic carbocycles. The molecule has 2 heterocycles. The normalized spacial score (nSPS) is 10.3. The first-order chi connectivity index (χ1) is 11.1. The molecule has 0 fully saturated rings. The molecular formula is C14H10F2N6O. The molecule has 9 heteroatoms. The van der Waals surface area contributed by atoms with Crippen molar-refractivity contribution < 1.29 is 13.6 Å². The van der Waals surface area contributed by atoms with Crippen LogP contribution in [0.3, 0.4) is 0 Å². The third kappa shape index (κ3) is 3.64. The number of aromatic nitrogens is 4. The molecular weight excluding hydrogens is 306 g/mol. The second kappa shape index (κ2) is 6.18. The summed E-state index contributed by atoms with van der Waals surface area (Å²) in [5.41, 5.74) is 0.366. The Morgan fingerprint density at radius 3 is 2.35 bits per heavy atom. The Kier molecular flexibility index (Phi) is 3.91. The van der Waals surface area contributed by atoms with E-state index in [1.807, 2.05) is 0 Å². The van der Waals surface area contributed by atoms with Crippen LogP contribution in [0.15, 0.2) is 49.1 Å². The Hall–Kier alpha value is -3.36. The predicted octanol–water partition coefficient (Wildman–Crippen LogP) is 2.58. The summed E-state index contributed by atoms with van der Waals surface area (Å²) in [6, 6.07) is 3.72. The first-order valence-electron chi connectivity index (χ1n) is 6.46. The highest BCUT2D eigenvalue weighted by molar-refractivity contribution is 5.99. The molecule has 0 saturated heterocycles. The largest absolute Gasteiger partial charge is 0.323 e. The van der Waals surface area contributed by atoms with Crippen molar-refractivity contribution in [1.29, 1.82) is 0 Å². The van der Waals surface area contributed by atoms with Crippen LogP contribution in [0.5, 0.6) is 0 Å². The fourth-order valence-corrected chi connectivity index (χ4v) is 1.83. The third-order valence-electron chi connectivity index (χ3n) is 2.72. The molecule has 0 aliphatic rings. The molecule has 0 atom stereocenters. The van der Waals surface area contributed by atoms with Crippen LogP contribution in [0.1, 0.15) is 0 Å². The molecule has 0 unspecified atom stereocenters. The Bertz CT molecular complexity index is 816.